The number of methoxy groups -OCH3 is 2. The summed E-state index contributed by atoms with van der Waals surface area (Å²) < 4.78 is 36.1. The Kier molecular flexibility index (Phi) is 4.69. The summed E-state index contributed by atoms with van der Waals surface area (Å²) in [7, 11) is -0.923. The fourth-order valence-corrected chi connectivity index (χ4v) is 1.81. The molecule has 0 heterocycles. The zero-order valence-corrected chi connectivity index (χ0v) is 11.1. The van der Waals surface area contributed by atoms with Crippen LogP contribution in [0.25, 0.3) is 0 Å². The molecule has 6 nitrogen and oxygen atoms in total. The third kappa shape index (κ3) is 4.01. The van der Waals surface area contributed by atoms with Gasteiger partial charge in [-0.05, 0) is 17.7 Å². The summed E-state index contributed by atoms with van der Waals surface area (Å²) in [6.45, 7) is 0. The minimum atomic E-state index is -3.56. The maximum absolute atomic E-state index is 11.4. The molecular weight excluding hydrogens is 260 g/mol. The lowest BCUT2D eigenvalue weighted by Crippen LogP contribution is -2.16. The van der Waals surface area contributed by atoms with Crippen molar-refractivity contribution in [2.75, 3.05) is 20.5 Å². The molecule has 0 saturated heterocycles. The highest BCUT2D eigenvalue weighted by Gasteiger charge is 2.20. The molecule has 0 spiro atoms. The minimum absolute atomic E-state index is 0.168. The Bertz CT molecular complexity index is 505. The second-order valence-corrected chi connectivity index (χ2v) is 5.07. The van der Waals surface area contributed by atoms with E-state index in [1.54, 1.807) is 0 Å². The van der Waals surface area contributed by atoms with Crippen molar-refractivity contribution in [3.63, 3.8) is 0 Å². The molecule has 0 aliphatic rings. The molecule has 100 valence electrons. The monoisotopic (exact) mass is 274 g/mol. The lowest BCUT2D eigenvalue weighted by Gasteiger charge is -2.13. The van der Waals surface area contributed by atoms with Gasteiger partial charge in [-0.3, -0.25) is 0 Å². The van der Waals surface area contributed by atoms with E-state index in [4.69, 9.17) is 4.74 Å². The maximum atomic E-state index is 11.4. The summed E-state index contributed by atoms with van der Waals surface area (Å²) >= 11 is 0. The largest absolute Gasteiger partial charge is 0.467 e. The van der Waals surface area contributed by atoms with Crippen LogP contribution in [0.4, 0.5) is 0 Å². The van der Waals surface area contributed by atoms with Gasteiger partial charge in [0.15, 0.2) is 6.10 Å². The highest BCUT2D eigenvalue weighted by molar-refractivity contribution is 7.86. The molecule has 0 bridgehead atoms. The van der Waals surface area contributed by atoms with Gasteiger partial charge >= 0.3 is 16.1 Å². The van der Waals surface area contributed by atoms with Crippen LogP contribution in [-0.2, 0) is 24.4 Å². The summed E-state index contributed by atoms with van der Waals surface area (Å²) in [5, 5.41) is 0. The molecule has 0 aliphatic heterocycles. The van der Waals surface area contributed by atoms with Crippen LogP contribution in [0, 0.1) is 0 Å². The van der Waals surface area contributed by atoms with Gasteiger partial charge in [0.25, 0.3) is 0 Å². The average Bonchev–Trinajstić information content (AvgIpc) is 2.30. The van der Waals surface area contributed by atoms with Crippen LogP contribution in [0.5, 0.6) is 5.75 Å². The average molecular weight is 274 g/mol. The summed E-state index contributed by atoms with van der Waals surface area (Å²) in [5.41, 5.74) is 0.546. The van der Waals surface area contributed by atoms with Crippen molar-refractivity contribution >= 4 is 16.1 Å². The Morgan fingerprint density at radius 3 is 2.11 bits per heavy atom. The van der Waals surface area contributed by atoms with Crippen LogP contribution < -0.4 is 4.18 Å². The molecule has 0 N–H and O–H groups in total. The predicted molar refractivity (Wildman–Crippen MR) is 63.7 cm³/mol. The van der Waals surface area contributed by atoms with E-state index in [0.717, 1.165) is 6.26 Å². The number of hydrogen-bond donors (Lipinski definition) is 0. The van der Waals surface area contributed by atoms with Crippen LogP contribution in [0.3, 0.4) is 0 Å². The third-order valence-corrected chi connectivity index (χ3v) is 2.58. The van der Waals surface area contributed by atoms with Crippen molar-refractivity contribution in [3.8, 4) is 5.75 Å². The van der Waals surface area contributed by atoms with Crippen LogP contribution in [0.15, 0.2) is 24.3 Å². The van der Waals surface area contributed by atoms with Gasteiger partial charge in [-0.15, -0.1) is 0 Å². The highest BCUT2D eigenvalue weighted by atomic mass is 32.2. The van der Waals surface area contributed by atoms with E-state index in [1.807, 2.05) is 0 Å². The first-order valence-corrected chi connectivity index (χ1v) is 6.79. The Hall–Kier alpha value is -1.60. The number of benzene rings is 1. The van der Waals surface area contributed by atoms with Gasteiger partial charge in [-0.1, -0.05) is 12.1 Å². The molecule has 1 unspecified atom stereocenters. The molecule has 7 heteroatoms. The fourth-order valence-electron chi connectivity index (χ4n) is 1.35. The second-order valence-electron chi connectivity index (χ2n) is 3.50. The standard InChI is InChI=1S/C11H14O6S/c1-15-10(11(12)16-2)8-4-6-9(7-5-8)17-18(3,13)14/h4-7,10H,1-3H3. The van der Waals surface area contributed by atoms with Crippen molar-refractivity contribution in [3.05, 3.63) is 29.8 Å². The van der Waals surface area contributed by atoms with Gasteiger partial charge in [0.1, 0.15) is 5.75 Å². The van der Waals surface area contributed by atoms with Crippen molar-refractivity contribution in [2.45, 2.75) is 6.10 Å². The summed E-state index contributed by atoms with van der Waals surface area (Å²) in [5.74, 6) is -0.366. The van der Waals surface area contributed by atoms with E-state index >= 15 is 0 Å². The number of esters is 1. The van der Waals surface area contributed by atoms with E-state index in [9.17, 15) is 13.2 Å². The van der Waals surface area contributed by atoms with E-state index in [1.165, 1.54) is 38.5 Å². The maximum Gasteiger partial charge on any atom is 0.339 e. The minimum Gasteiger partial charge on any atom is -0.467 e. The topological polar surface area (TPSA) is 78.9 Å². The van der Waals surface area contributed by atoms with E-state index in [-0.39, 0.29) is 5.75 Å². The molecule has 0 radical (unpaired) electrons. The molecular formula is C11H14O6S. The summed E-state index contributed by atoms with van der Waals surface area (Å²) in [6.07, 6.45) is 0.107. The molecule has 1 rings (SSSR count). The van der Waals surface area contributed by atoms with Gasteiger partial charge in [-0.2, -0.15) is 8.42 Å². The fraction of sp³-hybridized carbons (Fsp3) is 0.364. The molecule has 0 amide bonds. The van der Waals surface area contributed by atoms with Gasteiger partial charge < -0.3 is 13.7 Å². The Balaban J connectivity index is 2.91. The van der Waals surface area contributed by atoms with Crippen LogP contribution in [-0.4, -0.2) is 34.9 Å². The number of carbonyl (C=O) groups is 1. The normalized spacial score (nSPS) is 12.8. The first-order valence-electron chi connectivity index (χ1n) is 4.97. The third-order valence-electron chi connectivity index (χ3n) is 2.08. The van der Waals surface area contributed by atoms with Gasteiger partial charge in [-0.25, -0.2) is 4.79 Å². The first-order chi connectivity index (χ1) is 8.37. The van der Waals surface area contributed by atoms with Crippen molar-refractivity contribution in [1.29, 1.82) is 0 Å². The highest BCUT2D eigenvalue weighted by Crippen LogP contribution is 2.21. The SMILES string of the molecule is COC(=O)C(OC)c1ccc(OS(C)(=O)=O)cc1. The molecule has 0 aromatic heterocycles. The van der Waals surface area contributed by atoms with Crippen molar-refractivity contribution < 1.29 is 26.9 Å². The zero-order chi connectivity index (χ0) is 13.8. The molecule has 18 heavy (non-hydrogen) atoms. The quantitative estimate of drug-likeness (QED) is 0.586. The summed E-state index contributed by atoms with van der Waals surface area (Å²) in [6, 6.07) is 5.94. The molecule has 1 atom stereocenters. The Labute approximate surface area is 106 Å². The van der Waals surface area contributed by atoms with Gasteiger partial charge in [0.05, 0.1) is 13.4 Å². The smallest absolute Gasteiger partial charge is 0.339 e. The number of hydrogen-bond acceptors (Lipinski definition) is 6. The second kappa shape index (κ2) is 5.83. The van der Waals surface area contributed by atoms with Gasteiger partial charge in [0.2, 0.25) is 0 Å². The Morgan fingerprint density at radius 1 is 1.17 bits per heavy atom. The van der Waals surface area contributed by atoms with Gasteiger partial charge in [0, 0.05) is 7.11 Å². The van der Waals surface area contributed by atoms with E-state index in [0.29, 0.717) is 5.56 Å². The van der Waals surface area contributed by atoms with Crippen LogP contribution in [0.1, 0.15) is 11.7 Å². The lowest BCUT2D eigenvalue weighted by molar-refractivity contribution is -0.152. The molecule has 0 aliphatic carbocycles. The lowest BCUT2D eigenvalue weighted by atomic mass is 10.1. The van der Waals surface area contributed by atoms with Crippen molar-refractivity contribution in [1.82, 2.24) is 0 Å². The summed E-state index contributed by atoms with van der Waals surface area (Å²) in [4.78, 5) is 11.4. The van der Waals surface area contributed by atoms with Crippen LogP contribution in [0.2, 0.25) is 0 Å². The molecule has 1 aromatic carbocycles. The number of carbonyl (C=O) groups excluding carboxylic acids is 1. The van der Waals surface area contributed by atoms with Crippen LogP contribution >= 0.6 is 0 Å². The number of ether oxygens (including phenoxy) is 2. The molecule has 0 fully saturated rings. The van der Waals surface area contributed by atoms with Crippen molar-refractivity contribution in [2.24, 2.45) is 0 Å². The molecule has 1 aromatic rings. The first kappa shape index (κ1) is 14.5. The predicted octanol–water partition coefficient (Wildman–Crippen LogP) is 0.885. The zero-order valence-electron chi connectivity index (χ0n) is 10.2. The Morgan fingerprint density at radius 2 is 1.72 bits per heavy atom. The molecule has 0 saturated carbocycles. The number of rotatable bonds is 5. The van der Waals surface area contributed by atoms with E-state index in [2.05, 4.69) is 8.92 Å². The van der Waals surface area contributed by atoms with E-state index < -0.39 is 22.2 Å².